The molecule has 0 unspecified atom stereocenters. The van der Waals surface area contributed by atoms with Gasteiger partial charge in [-0.2, -0.15) is 0 Å². The third-order valence-electron chi connectivity index (χ3n) is 3.69. The highest BCUT2D eigenvalue weighted by Gasteiger charge is 2.29. The number of anilines is 2. The Morgan fingerprint density at radius 1 is 1.15 bits per heavy atom. The first-order chi connectivity index (χ1) is 12.0. The molecule has 0 aliphatic rings. The number of sulfonamides is 1. The Morgan fingerprint density at radius 3 is 2.35 bits per heavy atom. The number of amides is 1. The average Bonchev–Trinajstić information content (AvgIpc) is 2.53. The summed E-state index contributed by atoms with van der Waals surface area (Å²) in [6.45, 7) is 3.14. The number of hydrogen-bond acceptors (Lipinski definition) is 3. The van der Waals surface area contributed by atoms with E-state index in [1.54, 1.807) is 19.1 Å². The van der Waals surface area contributed by atoms with Crippen LogP contribution in [0.3, 0.4) is 0 Å². The van der Waals surface area contributed by atoms with Crippen LogP contribution in [0.4, 0.5) is 20.2 Å². The van der Waals surface area contributed by atoms with Gasteiger partial charge in [0, 0.05) is 16.8 Å². The molecular formula is C17H17ClF2N2O3S. The molecule has 9 heteroatoms. The fourth-order valence-corrected chi connectivity index (χ4v) is 3.70. The maximum absolute atomic E-state index is 13.5. The molecular weight excluding hydrogens is 386 g/mol. The number of nitrogens with one attached hydrogen (secondary N) is 1. The lowest BCUT2D eigenvalue weighted by atomic mass is 10.2. The minimum atomic E-state index is -3.94. The maximum atomic E-state index is 13.5. The number of nitrogens with zero attached hydrogens (tertiary/aromatic N) is 1. The Kier molecular flexibility index (Phi) is 5.87. The molecule has 1 N–H and O–H groups in total. The zero-order valence-corrected chi connectivity index (χ0v) is 15.8. The molecule has 0 aromatic heterocycles. The Labute approximate surface area is 155 Å². The largest absolute Gasteiger partial charge is 0.324 e. The van der Waals surface area contributed by atoms with Gasteiger partial charge < -0.3 is 5.32 Å². The fourth-order valence-electron chi connectivity index (χ4n) is 2.35. The summed E-state index contributed by atoms with van der Waals surface area (Å²) in [5, 5.41) is 3.00. The van der Waals surface area contributed by atoms with Crippen LogP contribution >= 0.6 is 11.6 Å². The van der Waals surface area contributed by atoms with Crippen molar-refractivity contribution in [2.24, 2.45) is 0 Å². The van der Waals surface area contributed by atoms with E-state index < -0.39 is 33.6 Å². The summed E-state index contributed by atoms with van der Waals surface area (Å²) in [4.78, 5) is 12.5. The van der Waals surface area contributed by atoms with Crippen LogP contribution in [-0.2, 0) is 14.8 Å². The Morgan fingerprint density at radius 2 is 1.81 bits per heavy atom. The minimum absolute atomic E-state index is 0.156. The second-order valence-corrected chi connectivity index (χ2v) is 8.05. The first-order valence-corrected chi connectivity index (χ1v) is 9.75. The van der Waals surface area contributed by atoms with Gasteiger partial charge in [-0.15, -0.1) is 0 Å². The second-order valence-electron chi connectivity index (χ2n) is 5.79. The van der Waals surface area contributed by atoms with Gasteiger partial charge >= 0.3 is 0 Å². The van der Waals surface area contributed by atoms with Crippen LogP contribution in [-0.4, -0.2) is 26.6 Å². The van der Waals surface area contributed by atoms with Crippen molar-refractivity contribution in [2.45, 2.75) is 19.9 Å². The molecule has 0 heterocycles. The SMILES string of the molecule is Cc1ccc(NC(=O)[C@@H](C)N(c2ccc(F)c(F)c2)S(C)(=O)=O)cc1Cl. The number of benzene rings is 2. The van der Waals surface area contributed by atoms with E-state index >= 15 is 0 Å². The molecule has 2 aromatic rings. The van der Waals surface area contributed by atoms with Crippen LogP contribution < -0.4 is 9.62 Å². The first-order valence-electron chi connectivity index (χ1n) is 7.52. The topological polar surface area (TPSA) is 66.5 Å². The predicted octanol–water partition coefficient (Wildman–Crippen LogP) is 3.72. The van der Waals surface area contributed by atoms with Gasteiger partial charge in [0.15, 0.2) is 11.6 Å². The summed E-state index contributed by atoms with van der Waals surface area (Å²) in [6, 6.07) is 6.25. The lowest BCUT2D eigenvalue weighted by Gasteiger charge is -2.28. The molecule has 0 aliphatic heterocycles. The number of carbonyl (C=O) groups is 1. The van der Waals surface area contributed by atoms with Gasteiger partial charge in [0.1, 0.15) is 6.04 Å². The molecule has 0 fully saturated rings. The van der Waals surface area contributed by atoms with Gasteiger partial charge in [0.2, 0.25) is 15.9 Å². The monoisotopic (exact) mass is 402 g/mol. The summed E-state index contributed by atoms with van der Waals surface area (Å²) in [5.74, 6) is -2.98. The lowest BCUT2D eigenvalue weighted by molar-refractivity contribution is -0.116. The number of rotatable bonds is 5. The summed E-state index contributed by atoms with van der Waals surface area (Å²) in [6.07, 6.45) is 0.876. The maximum Gasteiger partial charge on any atom is 0.247 e. The van der Waals surface area contributed by atoms with Gasteiger partial charge in [-0.05, 0) is 43.7 Å². The van der Waals surface area contributed by atoms with Gasteiger partial charge in [-0.25, -0.2) is 17.2 Å². The minimum Gasteiger partial charge on any atom is -0.324 e. The number of aryl methyl sites for hydroxylation is 1. The predicted molar refractivity (Wildman–Crippen MR) is 98.0 cm³/mol. The number of halogens is 3. The van der Waals surface area contributed by atoms with Crippen LogP contribution in [0.25, 0.3) is 0 Å². The molecule has 0 saturated carbocycles. The van der Waals surface area contributed by atoms with Crippen molar-refractivity contribution in [3.05, 3.63) is 58.6 Å². The molecule has 1 atom stereocenters. The van der Waals surface area contributed by atoms with Crippen LogP contribution in [0.2, 0.25) is 5.02 Å². The van der Waals surface area contributed by atoms with E-state index in [0.29, 0.717) is 10.7 Å². The number of hydrogen-bond donors (Lipinski definition) is 1. The molecule has 5 nitrogen and oxygen atoms in total. The molecule has 2 rings (SSSR count). The van der Waals surface area contributed by atoms with Gasteiger partial charge in [-0.1, -0.05) is 17.7 Å². The zero-order chi connectivity index (χ0) is 19.6. The van der Waals surface area contributed by atoms with E-state index in [1.165, 1.54) is 13.0 Å². The highest BCUT2D eigenvalue weighted by atomic mass is 35.5. The van der Waals surface area contributed by atoms with E-state index in [9.17, 15) is 22.0 Å². The van der Waals surface area contributed by atoms with Gasteiger partial charge in [-0.3, -0.25) is 9.10 Å². The second kappa shape index (κ2) is 7.59. The molecule has 0 radical (unpaired) electrons. The third kappa shape index (κ3) is 4.50. The third-order valence-corrected chi connectivity index (χ3v) is 5.33. The van der Waals surface area contributed by atoms with Crippen molar-refractivity contribution in [3.63, 3.8) is 0 Å². The van der Waals surface area contributed by atoms with Crippen molar-refractivity contribution in [2.75, 3.05) is 15.9 Å². The van der Waals surface area contributed by atoms with Gasteiger partial charge in [0.05, 0.1) is 11.9 Å². The molecule has 0 aliphatic carbocycles. The Hall–Kier alpha value is -2.19. The van der Waals surface area contributed by atoms with Crippen molar-refractivity contribution in [1.82, 2.24) is 0 Å². The molecule has 0 bridgehead atoms. The summed E-state index contributed by atoms with van der Waals surface area (Å²) >= 11 is 6.01. The van der Waals surface area contributed by atoms with E-state index in [1.807, 2.05) is 0 Å². The molecule has 26 heavy (non-hydrogen) atoms. The zero-order valence-electron chi connectivity index (χ0n) is 14.3. The van der Waals surface area contributed by atoms with Crippen LogP contribution in [0.15, 0.2) is 36.4 Å². The van der Waals surface area contributed by atoms with Gasteiger partial charge in [0.25, 0.3) is 0 Å². The highest BCUT2D eigenvalue weighted by molar-refractivity contribution is 7.92. The summed E-state index contributed by atoms with van der Waals surface area (Å²) < 4.78 is 51.6. The van der Waals surface area contributed by atoms with Crippen LogP contribution in [0.5, 0.6) is 0 Å². The quantitative estimate of drug-likeness (QED) is 0.828. The fraction of sp³-hybridized carbons (Fsp3) is 0.235. The van der Waals surface area contributed by atoms with Crippen molar-refractivity contribution >= 4 is 38.9 Å². The molecule has 140 valence electrons. The Balaban J connectivity index is 2.34. The van der Waals surface area contributed by atoms with E-state index in [4.69, 9.17) is 11.6 Å². The Bertz CT molecular complexity index is 951. The van der Waals surface area contributed by atoms with Crippen LogP contribution in [0, 0.1) is 18.6 Å². The summed E-state index contributed by atoms with van der Waals surface area (Å²) in [7, 11) is -3.94. The van der Waals surface area contributed by atoms with E-state index in [2.05, 4.69) is 5.32 Å². The van der Waals surface area contributed by atoms with E-state index in [0.717, 1.165) is 34.3 Å². The molecule has 0 saturated heterocycles. The van der Waals surface area contributed by atoms with E-state index in [-0.39, 0.29) is 5.69 Å². The van der Waals surface area contributed by atoms with Crippen molar-refractivity contribution < 1.29 is 22.0 Å². The first kappa shape index (κ1) is 20.1. The van der Waals surface area contributed by atoms with Crippen molar-refractivity contribution in [3.8, 4) is 0 Å². The normalized spacial score (nSPS) is 12.5. The molecule has 1 amide bonds. The average molecular weight is 403 g/mol. The summed E-state index contributed by atoms with van der Waals surface area (Å²) in [5.41, 5.74) is 1.05. The smallest absolute Gasteiger partial charge is 0.247 e. The van der Waals surface area contributed by atoms with Crippen LogP contribution in [0.1, 0.15) is 12.5 Å². The standard InChI is InChI=1S/C17H17ClF2N2O3S/c1-10-4-5-12(8-14(10)18)21-17(23)11(2)22(26(3,24)25)13-6-7-15(19)16(20)9-13/h4-9,11H,1-3H3,(H,21,23)/t11-/m1/s1. The lowest BCUT2D eigenvalue weighted by Crippen LogP contribution is -2.45. The number of carbonyl (C=O) groups excluding carboxylic acids is 1. The molecule has 2 aromatic carbocycles. The van der Waals surface area contributed by atoms with Crippen molar-refractivity contribution in [1.29, 1.82) is 0 Å². The highest BCUT2D eigenvalue weighted by Crippen LogP contribution is 2.25. The molecule has 0 spiro atoms.